The van der Waals surface area contributed by atoms with Gasteiger partial charge in [-0.3, -0.25) is 0 Å². The summed E-state index contributed by atoms with van der Waals surface area (Å²) in [5, 5.41) is 4.82. The fourth-order valence-electron chi connectivity index (χ4n) is 4.40. The average Bonchev–Trinajstić information content (AvgIpc) is 3.63. The number of ether oxygens (including phenoxy) is 8. The summed E-state index contributed by atoms with van der Waals surface area (Å²) in [6, 6.07) is 0. The molecular weight excluding hydrogens is 775 g/mol. The molecule has 13 nitrogen and oxygen atoms in total. The van der Waals surface area contributed by atoms with Crippen molar-refractivity contribution in [2.45, 2.75) is 49.7 Å². The first-order valence-electron chi connectivity index (χ1n) is 17.4. The summed E-state index contributed by atoms with van der Waals surface area (Å²) in [5.41, 5.74) is 0. The minimum Gasteiger partial charge on any atom is -0.382 e. The van der Waals surface area contributed by atoms with Gasteiger partial charge in [-0.25, -0.2) is 0 Å². The number of rotatable bonds is 29. The normalized spacial score (nSPS) is 15.0. The van der Waals surface area contributed by atoms with Crippen LogP contribution in [-0.4, -0.2) is 161 Å². The standard InChI is InChI=1S/C26H47N5O6S6.C6H14O2/c1-5-40-23-22(27-26(38)30(23)9-7-12-36-18-15-33-3)41-31-42-24-25(43-31)29(10-13-37-19-16-34-4)21-39-20-28(24)8-6-11-35-17-14-32-2;1-3-4-8-6-5-7-2/h5-21H2,1-4H3,(H,27,38);3-6H2,1-2H3. The maximum absolute atomic E-state index is 5.83. The predicted octanol–water partition coefficient (Wildman–Crippen LogP) is 6.50. The van der Waals surface area contributed by atoms with Crippen LogP contribution in [0.4, 0.5) is 0 Å². The molecule has 1 aromatic heterocycles. The molecule has 0 unspecified atom stereocenters. The van der Waals surface area contributed by atoms with E-state index in [2.05, 4.69) is 36.3 Å². The average molecular weight is 836 g/mol. The number of imidazole rings is 1. The van der Waals surface area contributed by atoms with Gasteiger partial charge >= 0.3 is 0 Å². The molecule has 0 bridgehead atoms. The lowest BCUT2D eigenvalue weighted by Crippen LogP contribution is -2.26. The van der Waals surface area contributed by atoms with Gasteiger partial charge in [0.15, 0.2) is 4.77 Å². The van der Waals surface area contributed by atoms with E-state index in [1.54, 1.807) is 64.3 Å². The van der Waals surface area contributed by atoms with Crippen LogP contribution >= 0.6 is 71.6 Å². The highest BCUT2D eigenvalue weighted by Crippen LogP contribution is 2.54. The first kappa shape index (κ1) is 47.3. The van der Waals surface area contributed by atoms with Crippen molar-refractivity contribution in [1.29, 1.82) is 0 Å². The van der Waals surface area contributed by atoms with E-state index >= 15 is 0 Å². The Kier molecular flexibility index (Phi) is 29.1. The van der Waals surface area contributed by atoms with Crippen molar-refractivity contribution in [2.24, 2.45) is 0 Å². The first-order valence-corrected chi connectivity index (χ1v) is 22.3. The van der Waals surface area contributed by atoms with Gasteiger partial charge in [-0.15, -0.1) is 26.6 Å². The van der Waals surface area contributed by atoms with E-state index in [0.29, 0.717) is 59.5 Å². The van der Waals surface area contributed by atoms with Gasteiger partial charge < -0.3 is 57.2 Å². The SMILES string of the molecule is CCCOCCOC.CCSc1c(SN2SC3=C(S2)N(CCOCCOC)CSCN3CCCOCCOC)[nH]c(=S)n1CCCOCCOC. The van der Waals surface area contributed by atoms with Crippen LogP contribution in [0.15, 0.2) is 20.1 Å². The molecule has 0 spiro atoms. The molecule has 3 rings (SSSR count). The summed E-state index contributed by atoms with van der Waals surface area (Å²) in [5.74, 6) is 2.82. The van der Waals surface area contributed by atoms with E-state index in [4.69, 9.17) is 50.1 Å². The van der Waals surface area contributed by atoms with Crippen molar-refractivity contribution >= 4 is 71.6 Å². The Balaban J connectivity index is 0.00000100. The molecule has 0 aromatic carbocycles. The van der Waals surface area contributed by atoms with Crippen LogP contribution in [0.5, 0.6) is 0 Å². The number of hydrogen-bond donors (Lipinski definition) is 1. The van der Waals surface area contributed by atoms with Crippen LogP contribution in [0, 0.1) is 4.77 Å². The molecule has 51 heavy (non-hydrogen) atoms. The second-order valence-electron chi connectivity index (χ2n) is 10.9. The Morgan fingerprint density at radius 1 is 0.647 bits per heavy atom. The molecule has 0 amide bonds. The van der Waals surface area contributed by atoms with Gasteiger partial charge in [-0.2, -0.15) is 0 Å². The monoisotopic (exact) mass is 835 g/mol. The number of nitrogens with one attached hydrogen (secondary N) is 1. The van der Waals surface area contributed by atoms with Crippen LogP contribution in [0.1, 0.15) is 33.1 Å². The third-order valence-corrected chi connectivity index (χ3v) is 13.0. The molecule has 2 aliphatic rings. The summed E-state index contributed by atoms with van der Waals surface area (Å²) in [7, 11) is 6.76. The largest absolute Gasteiger partial charge is 0.382 e. The van der Waals surface area contributed by atoms with Crippen molar-refractivity contribution in [1.82, 2.24) is 22.5 Å². The van der Waals surface area contributed by atoms with E-state index in [9.17, 15) is 0 Å². The molecule has 1 aromatic rings. The number of H-pyrrole nitrogens is 1. The fourth-order valence-corrected chi connectivity index (χ4v) is 10.8. The second kappa shape index (κ2) is 31.4. The maximum atomic E-state index is 5.83. The smallest absolute Gasteiger partial charge is 0.178 e. The molecule has 3 heterocycles. The lowest BCUT2D eigenvalue weighted by atomic mass is 10.4. The van der Waals surface area contributed by atoms with Crippen molar-refractivity contribution in [3.63, 3.8) is 0 Å². The Labute approximate surface area is 333 Å². The highest BCUT2D eigenvalue weighted by Gasteiger charge is 2.35. The molecule has 0 saturated carbocycles. The van der Waals surface area contributed by atoms with E-state index < -0.39 is 0 Å². The van der Waals surface area contributed by atoms with Crippen LogP contribution in [-0.2, 0) is 44.4 Å². The predicted molar refractivity (Wildman–Crippen MR) is 217 cm³/mol. The zero-order valence-electron chi connectivity index (χ0n) is 31.4. The van der Waals surface area contributed by atoms with Crippen molar-refractivity contribution in [3.8, 4) is 0 Å². The Morgan fingerprint density at radius 2 is 1.16 bits per heavy atom. The molecule has 2 aliphatic heterocycles. The second-order valence-corrected chi connectivity index (χ2v) is 17.0. The summed E-state index contributed by atoms with van der Waals surface area (Å²) in [6.07, 6.45) is 2.94. The molecule has 0 saturated heterocycles. The summed E-state index contributed by atoms with van der Waals surface area (Å²) >= 11 is 14.8. The molecule has 298 valence electrons. The number of methoxy groups -OCH3 is 4. The number of aromatic amines is 1. The molecule has 0 aliphatic carbocycles. The molecule has 19 heteroatoms. The Hall–Kier alpha value is 0.160. The molecular formula is C32H61N5O8S6. The van der Waals surface area contributed by atoms with Gasteiger partial charge in [0, 0.05) is 104 Å². The van der Waals surface area contributed by atoms with E-state index in [-0.39, 0.29) is 0 Å². The number of thioether (sulfide) groups is 2. The molecule has 0 fully saturated rings. The van der Waals surface area contributed by atoms with Gasteiger partial charge in [-0.1, -0.05) is 13.8 Å². The van der Waals surface area contributed by atoms with Gasteiger partial charge in [-0.05, 0) is 37.2 Å². The summed E-state index contributed by atoms with van der Waals surface area (Å²) in [6.45, 7) is 14.9. The highest BCUT2D eigenvalue weighted by atomic mass is 32.3. The Morgan fingerprint density at radius 3 is 1.69 bits per heavy atom. The van der Waals surface area contributed by atoms with Crippen LogP contribution in [0.25, 0.3) is 0 Å². The van der Waals surface area contributed by atoms with Crippen molar-refractivity contribution < 1.29 is 37.9 Å². The third kappa shape index (κ3) is 19.5. The summed E-state index contributed by atoms with van der Waals surface area (Å²) < 4.78 is 47.7. The minimum atomic E-state index is 0.607. The summed E-state index contributed by atoms with van der Waals surface area (Å²) in [4.78, 5) is 8.43. The van der Waals surface area contributed by atoms with E-state index in [0.717, 1.165) is 86.0 Å². The topological polar surface area (TPSA) is 104 Å². The van der Waals surface area contributed by atoms with Gasteiger partial charge in [0.25, 0.3) is 0 Å². The lowest BCUT2D eigenvalue weighted by molar-refractivity contribution is 0.0640. The fraction of sp³-hybridized carbons (Fsp3) is 0.844. The zero-order valence-corrected chi connectivity index (χ0v) is 36.3. The molecule has 0 radical (unpaired) electrons. The van der Waals surface area contributed by atoms with E-state index in [1.807, 2.05) is 23.5 Å². The molecule has 1 N–H and O–H groups in total. The van der Waals surface area contributed by atoms with Crippen LogP contribution in [0.2, 0.25) is 0 Å². The lowest BCUT2D eigenvalue weighted by Gasteiger charge is -2.24. The maximum Gasteiger partial charge on any atom is 0.178 e. The number of hydrogen-bond acceptors (Lipinski definition) is 17. The minimum absolute atomic E-state index is 0.607. The van der Waals surface area contributed by atoms with E-state index in [1.165, 1.54) is 15.1 Å². The van der Waals surface area contributed by atoms with Crippen LogP contribution in [0.3, 0.4) is 0 Å². The highest BCUT2D eigenvalue weighted by molar-refractivity contribution is 8.30. The third-order valence-electron chi connectivity index (χ3n) is 6.89. The van der Waals surface area contributed by atoms with Crippen molar-refractivity contribution in [3.05, 3.63) is 14.8 Å². The Bertz CT molecular complexity index is 1100. The van der Waals surface area contributed by atoms with Gasteiger partial charge in [0.2, 0.25) is 0 Å². The number of aromatic nitrogens is 2. The van der Waals surface area contributed by atoms with Gasteiger partial charge in [0.1, 0.15) is 20.1 Å². The first-order chi connectivity index (χ1) is 25.0. The van der Waals surface area contributed by atoms with Gasteiger partial charge in [0.05, 0.1) is 71.2 Å². The molecule has 0 atom stereocenters. The van der Waals surface area contributed by atoms with Crippen LogP contribution < -0.4 is 0 Å². The number of nitrogens with zero attached hydrogens (tertiary/aromatic N) is 4. The quantitative estimate of drug-likeness (QED) is 0.0411. The zero-order chi connectivity index (χ0) is 36.9. The van der Waals surface area contributed by atoms with Crippen molar-refractivity contribution in [2.75, 3.05) is 138 Å².